The molecule has 1 aliphatic rings. The lowest BCUT2D eigenvalue weighted by Gasteiger charge is -2.03. The third-order valence-corrected chi connectivity index (χ3v) is 2.27. The van der Waals surface area contributed by atoms with E-state index in [1.807, 2.05) is 0 Å². The highest BCUT2D eigenvalue weighted by Crippen LogP contribution is 2.27. The van der Waals surface area contributed by atoms with Crippen molar-refractivity contribution in [2.75, 3.05) is 12.3 Å². The van der Waals surface area contributed by atoms with Crippen molar-refractivity contribution in [1.29, 1.82) is 0 Å². The molecule has 0 bridgehead atoms. The van der Waals surface area contributed by atoms with Gasteiger partial charge in [-0.1, -0.05) is 0 Å². The Bertz CT molecular complexity index is 347. The summed E-state index contributed by atoms with van der Waals surface area (Å²) in [5.41, 5.74) is 6.57. The van der Waals surface area contributed by atoms with Crippen LogP contribution in [-0.4, -0.2) is 17.4 Å². The molecule has 1 aliphatic carbocycles. The van der Waals surface area contributed by atoms with Crippen LogP contribution in [0.25, 0.3) is 0 Å². The predicted octanol–water partition coefficient (Wildman–Crippen LogP) is 0.804. The molecule has 4 heteroatoms. The van der Waals surface area contributed by atoms with Crippen LogP contribution in [-0.2, 0) is 0 Å². The summed E-state index contributed by atoms with van der Waals surface area (Å²) in [5, 5.41) is 2.85. The molecule has 0 aromatic carbocycles. The van der Waals surface area contributed by atoms with Crippen LogP contribution < -0.4 is 11.1 Å². The molecule has 0 aliphatic heterocycles. The molecule has 1 saturated carbocycles. The molecule has 1 heterocycles. The molecular formula is C10H13N3O. The van der Waals surface area contributed by atoms with E-state index < -0.39 is 0 Å². The van der Waals surface area contributed by atoms with E-state index in [9.17, 15) is 4.79 Å². The molecule has 3 N–H and O–H groups in total. The Morgan fingerprint density at radius 3 is 3.00 bits per heavy atom. The van der Waals surface area contributed by atoms with E-state index in [4.69, 9.17) is 5.73 Å². The van der Waals surface area contributed by atoms with E-state index in [0.717, 1.165) is 6.54 Å². The predicted molar refractivity (Wildman–Crippen MR) is 53.7 cm³/mol. The number of hydrogen-bond donors (Lipinski definition) is 2. The zero-order valence-corrected chi connectivity index (χ0v) is 7.86. The van der Waals surface area contributed by atoms with E-state index >= 15 is 0 Å². The van der Waals surface area contributed by atoms with Crippen LogP contribution in [0, 0.1) is 5.92 Å². The van der Waals surface area contributed by atoms with Gasteiger partial charge in [0, 0.05) is 18.9 Å². The summed E-state index contributed by atoms with van der Waals surface area (Å²) in [7, 11) is 0. The SMILES string of the molecule is Nc1cncc(C(=O)NCC2CC2)c1. The van der Waals surface area contributed by atoms with E-state index in [2.05, 4.69) is 10.3 Å². The van der Waals surface area contributed by atoms with Crippen LogP contribution in [0.5, 0.6) is 0 Å². The number of anilines is 1. The number of amides is 1. The van der Waals surface area contributed by atoms with Gasteiger partial charge in [-0.25, -0.2) is 0 Å². The third-order valence-electron chi connectivity index (χ3n) is 2.27. The second-order valence-electron chi connectivity index (χ2n) is 3.66. The molecule has 0 spiro atoms. The highest BCUT2D eigenvalue weighted by atomic mass is 16.1. The van der Waals surface area contributed by atoms with Gasteiger partial charge in [0.15, 0.2) is 0 Å². The molecule has 1 amide bonds. The van der Waals surface area contributed by atoms with Crippen LogP contribution in [0.4, 0.5) is 5.69 Å². The Hall–Kier alpha value is -1.58. The van der Waals surface area contributed by atoms with Crippen LogP contribution in [0.15, 0.2) is 18.5 Å². The van der Waals surface area contributed by atoms with Crippen molar-refractivity contribution in [3.05, 3.63) is 24.0 Å². The average Bonchev–Trinajstić information content (AvgIpc) is 2.97. The summed E-state index contributed by atoms with van der Waals surface area (Å²) in [5.74, 6) is 0.602. The van der Waals surface area contributed by atoms with Crippen LogP contribution >= 0.6 is 0 Å². The lowest BCUT2D eigenvalue weighted by atomic mass is 10.2. The Morgan fingerprint density at radius 2 is 2.36 bits per heavy atom. The molecular weight excluding hydrogens is 178 g/mol. The minimum absolute atomic E-state index is 0.0864. The maximum Gasteiger partial charge on any atom is 0.252 e. The summed E-state index contributed by atoms with van der Waals surface area (Å²) >= 11 is 0. The maximum atomic E-state index is 11.5. The zero-order chi connectivity index (χ0) is 9.97. The number of nitrogens with two attached hydrogens (primary N) is 1. The third kappa shape index (κ3) is 2.22. The number of pyridine rings is 1. The summed E-state index contributed by atoms with van der Waals surface area (Å²) in [4.78, 5) is 15.4. The highest BCUT2D eigenvalue weighted by Gasteiger charge is 2.21. The molecule has 1 fully saturated rings. The van der Waals surface area contributed by atoms with Crippen molar-refractivity contribution in [3.63, 3.8) is 0 Å². The van der Waals surface area contributed by atoms with Crippen LogP contribution in [0.1, 0.15) is 23.2 Å². The van der Waals surface area contributed by atoms with Gasteiger partial charge >= 0.3 is 0 Å². The lowest BCUT2D eigenvalue weighted by molar-refractivity contribution is 0.0951. The van der Waals surface area contributed by atoms with E-state index in [0.29, 0.717) is 17.2 Å². The van der Waals surface area contributed by atoms with Crippen LogP contribution in [0.2, 0.25) is 0 Å². The van der Waals surface area contributed by atoms with Crippen molar-refractivity contribution in [3.8, 4) is 0 Å². The van der Waals surface area contributed by atoms with Gasteiger partial charge in [0.05, 0.1) is 11.3 Å². The average molecular weight is 191 g/mol. The number of rotatable bonds is 3. The lowest BCUT2D eigenvalue weighted by Crippen LogP contribution is -2.25. The molecule has 0 saturated heterocycles. The molecule has 0 unspecified atom stereocenters. The summed E-state index contributed by atoms with van der Waals surface area (Å²) < 4.78 is 0. The number of nitrogens with one attached hydrogen (secondary N) is 1. The normalized spacial score (nSPS) is 15.1. The van der Waals surface area contributed by atoms with Crippen molar-refractivity contribution in [1.82, 2.24) is 10.3 Å². The van der Waals surface area contributed by atoms with Gasteiger partial charge in [-0.3, -0.25) is 9.78 Å². The first kappa shape index (κ1) is 8.99. The molecule has 4 nitrogen and oxygen atoms in total. The maximum absolute atomic E-state index is 11.5. The van der Waals surface area contributed by atoms with E-state index in [1.54, 1.807) is 6.07 Å². The molecule has 2 rings (SSSR count). The minimum atomic E-state index is -0.0864. The fourth-order valence-corrected chi connectivity index (χ4v) is 1.24. The van der Waals surface area contributed by atoms with E-state index in [-0.39, 0.29) is 5.91 Å². The van der Waals surface area contributed by atoms with Gasteiger partial charge in [-0.05, 0) is 24.8 Å². The number of carbonyl (C=O) groups excluding carboxylic acids is 1. The van der Waals surface area contributed by atoms with Crippen molar-refractivity contribution in [2.24, 2.45) is 5.92 Å². The first-order valence-corrected chi connectivity index (χ1v) is 4.74. The summed E-state index contributed by atoms with van der Waals surface area (Å²) in [6.07, 6.45) is 5.52. The minimum Gasteiger partial charge on any atom is -0.397 e. The molecule has 0 atom stereocenters. The second-order valence-corrected chi connectivity index (χ2v) is 3.66. The van der Waals surface area contributed by atoms with Crippen molar-refractivity contribution in [2.45, 2.75) is 12.8 Å². The topological polar surface area (TPSA) is 68.0 Å². The Balaban J connectivity index is 1.95. The van der Waals surface area contributed by atoms with Gasteiger partial charge in [0.1, 0.15) is 0 Å². The zero-order valence-electron chi connectivity index (χ0n) is 7.86. The monoisotopic (exact) mass is 191 g/mol. The van der Waals surface area contributed by atoms with Crippen LogP contribution in [0.3, 0.4) is 0 Å². The molecule has 1 aromatic heterocycles. The van der Waals surface area contributed by atoms with Gasteiger partial charge in [-0.15, -0.1) is 0 Å². The fourth-order valence-electron chi connectivity index (χ4n) is 1.24. The van der Waals surface area contributed by atoms with Crippen molar-refractivity contribution < 1.29 is 4.79 Å². The highest BCUT2D eigenvalue weighted by molar-refractivity contribution is 5.94. The molecule has 1 aromatic rings. The number of hydrogen-bond acceptors (Lipinski definition) is 3. The number of nitrogen functional groups attached to an aromatic ring is 1. The quantitative estimate of drug-likeness (QED) is 0.742. The first-order chi connectivity index (χ1) is 6.75. The Kier molecular flexibility index (Phi) is 2.35. The smallest absolute Gasteiger partial charge is 0.252 e. The number of aromatic nitrogens is 1. The van der Waals surface area contributed by atoms with Gasteiger partial charge in [0.25, 0.3) is 5.91 Å². The van der Waals surface area contributed by atoms with Gasteiger partial charge < -0.3 is 11.1 Å². The molecule has 14 heavy (non-hydrogen) atoms. The van der Waals surface area contributed by atoms with Gasteiger partial charge in [-0.2, -0.15) is 0 Å². The Morgan fingerprint density at radius 1 is 1.57 bits per heavy atom. The van der Waals surface area contributed by atoms with Crippen molar-refractivity contribution >= 4 is 11.6 Å². The number of nitrogens with zero attached hydrogens (tertiary/aromatic N) is 1. The van der Waals surface area contributed by atoms with Gasteiger partial charge in [0.2, 0.25) is 0 Å². The number of carbonyl (C=O) groups is 1. The molecule has 74 valence electrons. The standard InChI is InChI=1S/C10H13N3O/c11-9-3-8(5-12-6-9)10(14)13-4-7-1-2-7/h3,5-7H,1-2,4,11H2,(H,13,14). The largest absolute Gasteiger partial charge is 0.397 e. The fraction of sp³-hybridized carbons (Fsp3) is 0.400. The second kappa shape index (κ2) is 3.65. The summed E-state index contributed by atoms with van der Waals surface area (Å²) in [6.45, 7) is 0.771. The van der Waals surface area contributed by atoms with E-state index in [1.165, 1.54) is 25.2 Å². The summed E-state index contributed by atoms with van der Waals surface area (Å²) in [6, 6.07) is 1.63. The first-order valence-electron chi connectivity index (χ1n) is 4.74. The Labute approximate surface area is 82.5 Å². The molecule has 0 radical (unpaired) electrons.